The molecule has 1 aliphatic rings. The van der Waals surface area contributed by atoms with Crippen LogP contribution in [0.2, 0.25) is 0 Å². The zero-order valence-electron chi connectivity index (χ0n) is 12.4. The predicted molar refractivity (Wildman–Crippen MR) is 74.2 cm³/mol. The lowest BCUT2D eigenvalue weighted by Gasteiger charge is -2.27. The quantitative estimate of drug-likeness (QED) is 0.736. The fourth-order valence-electron chi connectivity index (χ4n) is 1.71. The molecule has 0 unspecified atom stereocenters. The van der Waals surface area contributed by atoms with Crippen molar-refractivity contribution in [2.45, 2.75) is 32.9 Å². The Hall–Kier alpha value is -2.44. The maximum absolute atomic E-state index is 12.0. The van der Waals surface area contributed by atoms with E-state index in [1.165, 1.54) is 18.2 Å². The van der Waals surface area contributed by atoms with Crippen LogP contribution in [0.1, 0.15) is 42.6 Å². The van der Waals surface area contributed by atoms with Crippen molar-refractivity contribution in [1.29, 1.82) is 0 Å². The number of hydrogen-bond acceptors (Lipinski definition) is 6. The van der Waals surface area contributed by atoms with E-state index < -0.39 is 17.7 Å². The van der Waals surface area contributed by atoms with E-state index in [1.807, 2.05) is 0 Å². The van der Waals surface area contributed by atoms with Gasteiger partial charge in [0, 0.05) is 18.0 Å². The van der Waals surface area contributed by atoms with Crippen LogP contribution in [-0.4, -0.2) is 39.6 Å². The van der Waals surface area contributed by atoms with E-state index >= 15 is 0 Å². The summed E-state index contributed by atoms with van der Waals surface area (Å²) >= 11 is 0. The number of methoxy groups -OCH3 is 1. The molecule has 2 heterocycles. The summed E-state index contributed by atoms with van der Waals surface area (Å²) in [5.41, 5.74) is 0.745. The molecule has 0 atom stereocenters. The van der Waals surface area contributed by atoms with E-state index in [0.29, 0.717) is 5.69 Å². The molecule has 1 aromatic heterocycles. The fraction of sp³-hybridized carbons (Fsp3) is 0.429. The maximum atomic E-state index is 12.0. The Morgan fingerprint density at radius 3 is 2.67 bits per heavy atom. The van der Waals surface area contributed by atoms with E-state index in [4.69, 9.17) is 4.74 Å². The summed E-state index contributed by atoms with van der Waals surface area (Å²) in [5, 5.41) is 0. The lowest BCUT2D eigenvalue weighted by Crippen LogP contribution is -2.34. The van der Waals surface area contributed by atoms with Gasteiger partial charge in [-0.25, -0.2) is 19.6 Å². The zero-order chi connectivity index (χ0) is 15.6. The number of esters is 1. The first kappa shape index (κ1) is 15.0. The van der Waals surface area contributed by atoms with Gasteiger partial charge in [0.15, 0.2) is 0 Å². The average Bonchev–Trinajstić information content (AvgIpc) is 2.43. The Kier molecular flexibility index (Phi) is 3.93. The number of nitrogens with zero attached hydrogens (tertiary/aromatic N) is 3. The number of hydrogen-bond donors (Lipinski definition) is 0. The minimum atomic E-state index is -0.615. The summed E-state index contributed by atoms with van der Waals surface area (Å²) in [6.07, 6.45) is 4.36. The molecule has 0 N–H and O–H groups in total. The van der Waals surface area contributed by atoms with E-state index in [-0.39, 0.29) is 12.4 Å². The van der Waals surface area contributed by atoms with Crippen molar-refractivity contribution in [2.75, 3.05) is 7.11 Å². The first-order valence-corrected chi connectivity index (χ1v) is 6.42. The van der Waals surface area contributed by atoms with Gasteiger partial charge < -0.3 is 9.47 Å². The molecule has 1 amide bonds. The van der Waals surface area contributed by atoms with E-state index in [1.54, 1.807) is 33.0 Å². The number of carbonyl (C=O) groups is 2. The Morgan fingerprint density at radius 2 is 2.05 bits per heavy atom. The van der Waals surface area contributed by atoms with Crippen LogP contribution < -0.4 is 0 Å². The first-order chi connectivity index (χ1) is 9.80. The molecule has 0 aliphatic carbocycles. The number of carbonyl (C=O) groups excluding carboxylic acids is 2. The smallest absolute Gasteiger partial charge is 0.414 e. The van der Waals surface area contributed by atoms with Gasteiger partial charge in [-0.2, -0.15) is 0 Å². The number of ether oxygens (including phenoxy) is 2. The molecule has 0 saturated heterocycles. The van der Waals surface area contributed by atoms with Crippen molar-refractivity contribution in [3.8, 4) is 0 Å². The molecular weight excluding hydrogens is 274 g/mol. The van der Waals surface area contributed by atoms with Gasteiger partial charge in [0.1, 0.15) is 5.60 Å². The van der Waals surface area contributed by atoms with Crippen molar-refractivity contribution in [3.63, 3.8) is 0 Å². The van der Waals surface area contributed by atoms with Crippen LogP contribution in [0.15, 0.2) is 12.4 Å². The zero-order valence-corrected chi connectivity index (χ0v) is 12.4. The largest absolute Gasteiger partial charge is 0.463 e. The SMILES string of the molecule is COC(=O)c1ncc2c(n1)CN(C(=O)OC(C)(C)C)C=C2. The van der Waals surface area contributed by atoms with Gasteiger partial charge in [-0.3, -0.25) is 4.90 Å². The molecule has 1 aliphatic heterocycles. The van der Waals surface area contributed by atoms with E-state index in [0.717, 1.165) is 5.56 Å². The molecule has 0 bridgehead atoms. The van der Waals surface area contributed by atoms with Crippen molar-refractivity contribution in [1.82, 2.24) is 14.9 Å². The van der Waals surface area contributed by atoms with Gasteiger partial charge in [-0.05, 0) is 26.8 Å². The lowest BCUT2D eigenvalue weighted by molar-refractivity contribution is 0.0320. The van der Waals surface area contributed by atoms with Crippen molar-refractivity contribution in [2.24, 2.45) is 0 Å². The minimum absolute atomic E-state index is 0.0318. The topological polar surface area (TPSA) is 81.6 Å². The summed E-state index contributed by atoms with van der Waals surface area (Å²) in [6, 6.07) is 0. The highest BCUT2D eigenvalue weighted by Gasteiger charge is 2.24. The summed E-state index contributed by atoms with van der Waals surface area (Å²) in [7, 11) is 1.26. The van der Waals surface area contributed by atoms with Crippen molar-refractivity contribution < 1.29 is 19.1 Å². The molecule has 7 nitrogen and oxygen atoms in total. The Labute approximate surface area is 122 Å². The lowest BCUT2D eigenvalue weighted by atomic mass is 10.1. The third-order valence-electron chi connectivity index (χ3n) is 2.65. The number of aromatic nitrogens is 2. The molecule has 0 fully saturated rings. The molecule has 7 heteroatoms. The monoisotopic (exact) mass is 291 g/mol. The summed E-state index contributed by atoms with van der Waals surface area (Å²) in [5.74, 6) is -0.646. The molecule has 0 aromatic carbocycles. The summed E-state index contributed by atoms with van der Waals surface area (Å²) in [6.45, 7) is 5.60. The molecule has 2 rings (SSSR count). The molecule has 21 heavy (non-hydrogen) atoms. The second-order valence-electron chi connectivity index (χ2n) is 5.51. The van der Waals surface area contributed by atoms with Crippen LogP contribution in [-0.2, 0) is 16.0 Å². The normalized spacial score (nSPS) is 13.6. The van der Waals surface area contributed by atoms with Gasteiger partial charge in [0.2, 0.25) is 5.82 Å². The van der Waals surface area contributed by atoms with Crippen LogP contribution in [0.5, 0.6) is 0 Å². The molecule has 112 valence electrons. The van der Waals surface area contributed by atoms with Gasteiger partial charge in [-0.1, -0.05) is 0 Å². The Morgan fingerprint density at radius 1 is 1.33 bits per heavy atom. The Bertz CT molecular complexity index is 605. The van der Waals surface area contributed by atoms with Crippen LogP contribution in [0.3, 0.4) is 0 Å². The minimum Gasteiger partial charge on any atom is -0.463 e. The maximum Gasteiger partial charge on any atom is 0.414 e. The van der Waals surface area contributed by atoms with E-state index in [9.17, 15) is 9.59 Å². The van der Waals surface area contributed by atoms with Crippen LogP contribution in [0.25, 0.3) is 6.08 Å². The molecule has 0 radical (unpaired) electrons. The van der Waals surface area contributed by atoms with Crippen LogP contribution in [0, 0.1) is 0 Å². The average molecular weight is 291 g/mol. The standard InChI is InChI=1S/C14H17N3O4/c1-14(2,3)21-13(19)17-6-5-9-7-15-11(12(18)20-4)16-10(9)8-17/h5-7H,8H2,1-4H3. The Balaban J connectivity index is 2.19. The second kappa shape index (κ2) is 5.51. The highest BCUT2D eigenvalue weighted by molar-refractivity contribution is 5.85. The first-order valence-electron chi connectivity index (χ1n) is 6.42. The third kappa shape index (κ3) is 3.56. The summed E-state index contributed by atoms with van der Waals surface area (Å²) < 4.78 is 9.87. The number of fused-ring (bicyclic) bond motifs is 1. The fourth-order valence-corrected chi connectivity index (χ4v) is 1.71. The molecule has 0 saturated carbocycles. The number of rotatable bonds is 1. The van der Waals surface area contributed by atoms with Crippen molar-refractivity contribution >= 4 is 18.1 Å². The van der Waals surface area contributed by atoms with Gasteiger partial charge in [0.05, 0.1) is 19.3 Å². The molecule has 1 aromatic rings. The van der Waals surface area contributed by atoms with Gasteiger partial charge >= 0.3 is 12.1 Å². The third-order valence-corrected chi connectivity index (χ3v) is 2.65. The predicted octanol–water partition coefficient (Wildman–Crippen LogP) is 1.98. The van der Waals surface area contributed by atoms with Gasteiger partial charge in [0.25, 0.3) is 0 Å². The highest BCUT2D eigenvalue weighted by atomic mass is 16.6. The number of amides is 1. The molecule has 0 spiro atoms. The van der Waals surface area contributed by atoms with Crippen molar-refractivity contribution in [3.05, 3.63) is 29.5 Å². The highest BCUT2D eigenvalue weighted by Crippen LogP contribution is 2.20. The van der Waals surface area contributed by atoms with Gasteiger partial charge in [-0.15, -0.1) is 0 Å². The molecular formula is C14H17N3O4. The summed E-state index contributed by atoms with van der Waals surface area (Å²) in [4.78, 5) is 32.9. The van der Waals surface area contributed by atoms with E-state index in [2.05, 4.69) is 14.7 Å². The van der Waals surface area contributed by atoms with Crippen LogP contribution in [0.4, 0.5) is 4.79 Å². The van der Waals surface area contributed by atoms with Crippen LogP contribution >= 0.6 is 0 Å². The second-order valence-corrected chi connectivity index (χ2v) is 5.51.